The topological polar surface area (TPSA) is 55.1 Å². The van der Waals surface area contributed by atoms with Gasteiger partial charge in [0.2, 0.25) is 0 Å². The molecule has 17 heavy (non-hydrogen) atoms. The van der Waals surface area contributed by atoms with Gasteiger partial charge >= 0.3 is 5.97 Å². The summed E-state index contributed by atoms with van der Waals surface area (Å²) in [5.74, 6) is -0.912. The van der Waals surface area contributed by atoms with E-state index < -0.39 is 5.97 Å². The van der Waals surface area contributed by atoms with Gasteiger partial charge in [-0.15, -0.1) is 0 Å². The van der Waals surface area contributed by atoms with Crippen LogP contribution < -0.4 is 0 Å². The van der Waals surface area contributed by atoms with Crippen LogP contribution >= 0.6 is 15.9 Å². The first-order valence-electron chi connectivity index (χ1n) is 5.14. The van der Waals surface area contributed by atoms with Gasteiger partial charge in [-0.3, -0.25) is 4.98 Å². The molecule has 0 aliphatic heterocycles. The fourth-order valence-electron chi connectivity index (χ4n) is 1.64. The fourth-order valence-corrected chi connectivity index (χ4v) is 2.10. The zero-order valence-corrected chi connectivity index (χ0v) is 10.6. The number of rotatable bonds is 4. The number of aromatic nitrogens is 2. The minimum atomic E-state index is -0.912. The van der Waals surface area contributed by atoms with E-state index in [1.165, 1.54) is 0 Å². The third-order valence-corrected chi connectivity index (χ3v) is 2.91. The van der Waals surface area contributed by atoms with Crippen LogP contribution in [0.2, 0.25) is 0 Å². The lowest BCUT2D eigenvalue weighted by Crippen LogP contribution is -2.09. The van der Waals surface area contributed by atoms with Gasteiger partial charge in [0.25, 0.3) is 0 Å². The van der Waals surface area contributed by atoms with Crippen LogP contribution in [0.3, 0.4) is 0 Å². The lowest BCUT2D eigenvalue weighted by Gasteiger charge is -2.05. The van der Waals surface area contributed by atoms with Crippen molar-refractivity contribution in [2.45, 2.75) is 13.0 Å². The first kappa shape index (κ1) is 11.9. The van der Waals surface area contributed by atoms with E-state index in [9.17, 15) is 4.79 Å². The molecule has 0 bridgehead atoms. The van der Waals surface area contributed by atoms with Gasteiger partial charge in [0.05, 0.1) is 0 Å². The molecule has 0 atom stereocenters. The third kappa shape index (κ3) is 2.94. The Labute approximate surface area is 107 Å². The SMILES string of the molecule is O=C(O)c1cc(Br)cn1CCc1ccncc1. The van der Waals surface area contributed by atoms with Gasteiger partial charge < -0.3 is 9.67 Å². The Morgan fingerprint density at radius 3 is 2.76 bits per heavy atom. The van der Waals surface area contributed by atoms with Gasteiger partial charge in [-0.2, -0.15) is 0 Å². The molecule has 0 aliphatic carbocycles. The Balaban J connectivity index is 2.11. The second-order valence-corrected chi connectivity index (χ2v) is 4.56. The van der Waals surface area contributed by atoms with Crippen molar-refractivity contribution in [3.05, 3.63) is 52.5 Å². The van der Waals surface area contributed by atoms with Crippen LogP contribution in [-0.2, 0) is 13.0 Å². The average molecular weight is 295 g/mol. The molecule has 4 nitrogen and oxygen atoms in total. The maximum Gasteiger partial charge on any atom is 0.352 e. The maximum absolute atomic E-state index is 11.0. The Hall–Kier alpha value is -1.62. The molecule has 5 heteroatoms. The van der Waals surface area contributed by atoms with E-state index in [-0.39, 0.29) is 0 Å². The highest BCUT2D eigenvalue weighted by atomic mass is 79.9. The second kappa shape index (κ2) is 5.14. The van der Waals surface area contributed by atoms with Gasteiger partial charge in [0, 0.05) is 29.6 Å². The smallest absolute Gasteiger partial charge is 0.352 e. The van der Waals surface area contributed by atoms with Crippen molar-refractivity contribution >= 4 is 21.9 Å². The largest absolute Gasteiger partial charge is 0.477 e. The molecule has 88 valence electrons. The summed E-state index contributed by atoms with van der Waals surface area (Å²) in [5.41, 5.74) is 1.44. The second-order valence-electron chi connectivity index (χ2n) is 3.65. The highest BCUT2D eigenvalue weighted by Crippen LogP contribution is 2.15. The Bertz CT molecular complexity index is 523. The molecule has 0 saturated carbocycles. The van der Waals surface area contributed by atoms with Crippen molar-refractivity contribution < 1.29 is 9.90 Å². The van der Waals surface area contributed by atoms with E-state index in [2.05, 4.69) is 20.9 Å². The number of aromatic carboxylic acids is 1. The minimum Gasteiger partial charge on any atom is -0.477 e. The zero-order chi connectivity index (χ0) is 12.3. The molecule has 0 aliphatic rings. The number of aryl methyl sites for hydroxylation is 2. The van der Waals surface area contributed by atoms with Crippen LogP contribution in [0.15, 0.2) is 41.3 Å². The lowest BCUT2D eigenvalue weighted by molar-refractivity contribution is 0.0685. The van der Waals surface area contributed by atoms with Crippen molar-refractivity contribution in [2.24, 2.45) is 0 Å². The summed E-state index contributed by atoms with van der Waals surface area (Å²) in [6, 6.07) is 5.47. The number of hydrogen-bond acceptors (Lipinski definition) is 2. The number of pyridine rings is 1. The Morgan fingerprint density at radius 1 is 1.41 bits per heavy atom. The van der Waals surface area contributed by atoms with Crippen molar-refractivity contribution in [3.63, 3.8) is 0 Å². The predicted octanol–water partition coefficient (Wildman–Crippen LogP) is 2.59. The van der Waals surface area contributed by atoms with Gasteiger partial charge in [-0.1, -0.05) is 0 Å². The summed E-state index contributed by atoms with van der Waals surface area (Å²) >= 11 is 3.28. The zero-order valence-electron chi connectivity index (χ0n) is 9.01. The third-order valence-electron chi connectivity index (χ3n) is 2.47. The van der Waals surface area contributed by atoms with Crippen LogP contribution in [0, 0.1) is 0 Å². The molecule has 2 rings (SSSR count). The number of carboxylic acid groups (broad SMARTS) is 1. The van der Waals surface area contributed by atoms with Crippen LogP contribution in [0.5, 0.6) is 0 Å². The van der Waals surface area contributed by atoms with Crippen molar-refractivity contribution in [2.75, 3.05) is 0 Å². The first-order chi connectivity index (χ1) is 8.16. The molecule has 0 spiro atoms. The first-order valence-corrected chi connectivity index (χ1v) is 5.94. The summed E-state index contributed by atoms with van der Waals surface area (Å²) < 4.78 is 2.51. The van der Waals surface area contributed by atoms with E-state index in [0.717, 1.165) is 16.5 Å². The molecule has 0 amide bonds. The molecule has 0 unspecified atom stereocenters. The standard InChI is InChI=1S/C12H11BrN2O2/c13-10-7-11(12(16)17)15(8-10)6-3-9-1-4-14-5-2-9/h1-2,4-5,7-8H,3,6H2,(H,16,17). The fraction of sp³-hybridized carbons (Fsp3) is 0.167. The molecule has 0 saturated heterocycles. The lowest BCUT2D eigenvalue weighted by atomic mass is 10.2. The molecule has 0 aromatic carbocycles. The molecular formula is C12H11BrN2O2. The minimum absolute atomic E-state index is 0.297. The highest BCUT2D eigenvalue weighted by molar-refractivity contribution is 9.10. The van der Waals surface area contributed by atoms with Crippen LogP contribution in [0.25, 0.3) is 0 Å². The molecule has 2 heterocycles. The number of hydrogen-bond donors (Lipinski definition) is 1. The molecule has 1 N–H and O–H groups in total. The molecule has 0 fully saturated rings. The summed E-state index contributed by atoms with van der Waals surface area (Å²) in [4.78, 5) is 14.9. The Morgan fingerprint density at radius 2 is 2.12 bits per heavy atom. The summed E-state index contributed by atoms with van der Waals surface area (Å²) in [6.45, 7) is 0.636. The van der Waals surface area contributed by atoms with E-state index in [1.807, 2.05) is 12.1 Å². The summed E-state index contributed by atoms with van der Waals surface area (Å²) in [5, 5.41) is 9.02. The van der Waals surface area contributed by atoms with E-state index in [0.29, 0.717) is 12.2 Å². The van der Waals surface area contributed by atoms with E-state index in [4.69, 9.17) is 5.11 Å². The van der Waals surface area contributed by atoms with Gasteiger partial charge in [0.1, 0.15) is 5.69 Å². The number of nitrogens with zero attached hydrogens (tertiary/aromatic N) is 2. The molecule has 0 radical (unpaired) electrons. The van der Waals surface area contributed by atoms with Crippen LogP contribution in [-0.4, -0.2) is 20.6 Å². The monoisotopic (exact) mass is 294 g/mol. The van der Waals surface area contributed by atoms with Crippen molar-refractivity contribution in [3.8, 4) is 0 Å². The van der Waals surface area contributed by atoms with Crippen LogP contribution in [0.1, 0.15) is 16.1 Å². The van der Waals surface area contributed by atoms with Gasteiger partial charge in [0.15, 0.2) is 0 Å². The molecular weight excluding hydrogens is 284 g/mol. The maximum atomic E-state index is 11.0. The average Bonchev–Trinajstić information content (AvgIpc) is 2.69. The van der Waals surface area contributed by atoms with Gasteiger partial charge in [-0.05, 0) is 46.1 Å². The number of carboxylic acids is 1. The summed E-state index contributed by atoms with van der Waals surface area (Å²) in [7, 11) is 0. The molecule has 2 aromatic rings. The number of halogens is 1. The Kier molecular flexibility index (Phi) is 3.58. The highest BCUT2D eigenvalue weighted by Gasteiger charge is 2.11. The van der Waals surface area contributed by atoms with Crippen molar-refractivity contribution in [1.29, 1.82) is 0 Å². The van der Waals surface area contributed by atoms with Crippen LogP contribution in [0.4, 0.5) is 0 Å². The normalized spacial score (nSPS) is 10.4. The van der Waals surface area contributed by atoms with Crippen molar-refractivity contribution in [1.82, 2.24) is 9.55 Å². The van der Waals surface area contributed by atoms with E-state index >= 15 is 0 Å². The number of carbonyl (C=O) groups is 1. The summed E-state index contributed by atoms with van der Waals surface area (Å²) in [6.07, 6.45) is 6.03. The predicted molar refractivity (Wildman–Crippen MR) is 67.0 cm³/mol. The van der Waals surface area contributed by atoms with E-state index in [1.54, 1.807) is 29.2 Å². The quantitative estimate of drug-likeness (QED) is 0.943. The van der Waals surface area contributed by atoms with Gasteiger partial charge in [-0.25, -0.2) is 4.79 Å². The molecule has 2 aromatic heterocycles.